The fraction of sp³-hybridized carbons (Fsp3) is 0.524. The Kier molecular flexibility index (Phi) is 5.48. The molecule has 3 amide bonds. The van der Waals surface area contributed by atoms with Crippen molar-refractivity contribution < 1.29 is 24.9 Å². The van der Waals surface area contributed by atoms with Gasteiger partial charge in [0.2, 0.25) is 5.91 Å². The van der Waals surface area contributed by atoms with Gasteiger partial charge < -0.3 is 26.0 Å². The van der Waals surface area contributed by atoms with Crippen molar-refractivity contribution in [2.45, 2.75) is 62.9 Å². The van der Waals surface area contributed by atoms with Crippen molar-refractivity contribution >= 4 is 28.4 Å². The van der Waals surface area contributed by atoms with Gasteiger partial charge in [-0.05, 0) is 57.2 Å². The molecule has 1 aliphatic carbocycles. The molecule has 11 heteroatoms. The quantitative estimate of drug-likeness (QED) is 0.421. The normalized spacial score (nSPS) is 22.5. The minimum absolute atomic E-state index is 0.374. The average Bonchev–Trinajstić information content (AvgIpc) is 3.23. The number of urea groups is 1. The van der Waals surface area contributed by atoms with Crippen LogP contribution in [0.2, 0.25) is 0 Å². The van der Waals surface area contributed by atoms with Gasteiger partial charge in [-0.2, -0.15) is 0 Å². The van der Waals surface area contributed by atoms with E-state index in [9.17, 15) is 24.9 Å². The number of carbonyl (C=O) groups is 2. The standard InChI is InChI=1S/C21H27N5O5S/c1-12-15(13-5-9-23-14(11-13)20(7-3-8-20)21(29,30)31)32-17(24-12)25-18(28)26-10-4-6-19(26,2)16(22)27/h5,9,11,29-31H,3-4,6-8,10H2,1-2H3,(H2,22,27)(H,24,25,28)/t19-/m0/s1. The molecule has 0 unspecified atom stereocenters. The van der Waals surface area contributed by atoms with Crippen molar-refractivity contribution in [1.29, 1.82) is 0 Å². The van der Waals surface area contributed by atoms with Crippen LogP contribution in [0.15, 0.2) is 18.3 Å². The van der Waals surface area contributed by atoms with Crippen LogP contribution in [0.4, 0.5) is 9.93 Å². The molecule has 4 rings (SSSR count). The minimum Gasteiger partial charge on any atom is -0.368 e. The molecule has 0 radical (unpaired) electrons. The molecule has 172 valence electrons. The van der Waals surface area contributed by atoms with E-state index < -0.39 is 28.9 Å². The summed E-state index contributed by atoms with van der Waals surface area (Å²) in [5, 5.41) is 32.9. The van der Waals surface area contributed by atoms with Crippen LogP contribution in [0, 0.1) is 6.92 Å². The molecule has 0 spiro atoms. The predicted octanol–water partition coefficient (Wildman–Crippen LogP) is 1.44. The first-order valence-corrected chi connectivity index (χ1v) is 11.3. The molecule has 1 aliphatic heterocycles. The lowest BCUT2D eigenvalue weighted by molar-refractivity contribution is -0.365. The second-order valence-electron chi connectivity index (χ2n) is 8.76. The number of carbonyl (C=O) groups excluding carboxylic acids is 2. The Bertz CT molecular complexity index is 1060. The molecule has 10 nitrogen and oxygen atoms in total. The maximum atomic E-state index is 12.8. The predicted molar refractivity (Wildman–Crippen MR) is 118 cm³/mol. The zero-order chi connectivity index (χ0) is 23.3. The summed E-state index contributed by atoms with van der Waals surface area (Å²) in [6, 6.07) is 3.05. The molecule has 1 saturated heterocycles. The van der Waals surface area contributed by atoms with Crippen LogP contribution in [0.3, 0.4) is 0 Å². The van der Waals surface area contributed by atoms with Gasteiger partial charge in [0.15, 0.2) is 5.13 Å². The van der Waals surface area contributed by atoms with Gasteiger partial charge in [-0.1, -0.05) is 17.8 Å². The number of rotatable bonds is 5. The van der Waals surface area contributed by atoms with Crippen molar-refractivity contribution in [3.63, 3.8) is 0 Å². The number of hydrogen-bond donors (Lipinski definition) is 5. The summed E-state index contributed by atoms with van der Waals surface area (Å²) in [5.74, 6) is -3.40. The fourth-order valence-corrected chi connectivity index (χ4v) is 5.50. The van der Waals surface area contributed by atoms with E-state index in [4.69, 9.17) is 5.73 Å². The van der Waals surface area contributed by atoms with E-state index in [1.54, 1.807) is 32.2 Å². The molecule has 1 saturated carbocycles. The summed E-state index contributed by atoms with van der Waals surface area (Å²) in [5.41, 5.74) is 5.07. The molecule has 32 heavy (non-hydrogen) atoms. The SMILES string of the molecule is Cc1nc(NC(=O)N2CCC[C@@]2(C)C(N)=O)sc1-c1ccnc(C2(C(O)(O)O)CCC2)c1. The Hall–Kier alpha value is -2.60. The summed E-state index contributed by atoms with van der Waals surface area (Å²) < 4.78 is 0. The summed E-state index contributed by atoms with van der Waals surface area (Å²) in [7, 11) is 0. The van der Waals surface area contributed by atoms with Crippen LogP contribution in [-0.4, -0.2) is 60.2 Å². The van der Waals surface area contributed by atoms with Gasteiger partial charge in [0, 0.05) is 12.7 Å². The molecule has 1 atom stereocenters. The van der Waals surface area contributed by atoms with Crippen LogP contribution >= 0.6 is 11.3 Å². The van der Waals surface area contributed by atoms with Gasteiger partial charge in [0.25, 0.3) is 5.97 Å². The first-order valence-electron chi connectivity index (χ1n) is 10.5. The molecule has 2 aromatic heterocycles. The van der Waals surface area contributed by atoms with Gasteiger partial charge in [-0.15, -0.1) is 0 Å². The summed E-state index contributed by atoms with van der Waals surface area (Å²) in [6.07, 6.45) is 4.33. The fourth-order valence-electron chi connectivity index (χ4n) is 4.55. The lowest BCUT2D eigenvalue weighted by atomic mass is 9.64. The van der Waals surface area contributed by atoms with Crippen LogP contribution in [0.1, 0.15) is 50.4 Å². The third-order valence-electron chi connectivity index (χ3n) is 6.79. The lowest BCUT2D eigenvalue weighted by Crippen LogP contribution is -2.56. The number of amides is 3. The Labute approximate surface area is 189 Å². The van der Waals surface area contributed by atoms with E-state index in [2.05, 4.69) is 15.3 Å². The van der Waals surface area contributed by atoms with Crippen LogP contribution in [-0.2, 0) is 10.2 Å². The number of pyridine rings is 1. The second-order valence-corrected chi connectivity index (χ2v) is 9.76. The lowest BCUT2D eigenvalue weighted by Gasteiger charge is -2.46. The highest BCUT2D eigenvalue weighted by molar-refractivity contribution is 7.19. The number of anilines is 1. The summed E-state index contributed by atoms with van der Waals surface area (Å²) >= 11 is 1.26. The van der Waals surface area contributed by atoms with Crippen LogP contribution in [0.5, 0.6) is 0 Å². The Morgan fingerprint density at radius 2 is 1.97 bits per heavy atom. The maximum absolute atomic E-state index is 12.8. The Morgan fingerprint density at radius 3 is 2.56 bits per heavy atom. The number of nitrogens with zero attached hydrogens (tertiary/aromatic N) is 3. The molecule has 0 aromatic carbocycles. The van der Waals surface area contributed by atoms with E-state index in [0.29, 0.717) is 48.7 Å². The van der Waals surface area contributed by atoms with Crippen molar-refractivity contribution in [3.05, 3.63) is 29.7 Å². The van der Waals surface area contributed by atoms with Crippen molar-refractivity contribution in [2.75, 3.05) is 11.9 Å². The van der Waals surface area contributed by atoms with E-state index in [1.807, 2.05) is 0 Å². The highest BCUT2D eigenvalue weighted by Gasteiger charge is 2.55. The molecule has 2 aromatic rings. The van der Waals surface area contributed by atoms with E-state index in [-0.39, 0.29) is 0 Å². The van der Waals surface area contributed by atoms with E-state index in [1.165, 1.54) is 16.2 Å². The Balaban J connectivity index is 1.59. The first kappa shape index (κ1) is 22.6. The molecule has 3 heterocycles. The van der Waals surface area contributed by atoms with Gasteiger partial charge >= 0.3 is 6.03 Å². The molecule has 6 N–H and O–H groups in total. The van der Waals surface area contributed by atoms with Gasteiger partial charge in [-0.25, -0.2) is 9.78 Å². The van der Waals surface area contributed by atoms with Crippen molar-refractivity contribution in [2.24, 2.45) is 5.73 Å². The third kappa shape index (κ3) is 3.54. The van der Waals surface area contributed by atoms with Gasteiger partial charge in [0.1, 0.15) is 5.54 Å². The number of likely N-dealkylation sites (tertiary alicyclic amines) is 1. The number of aliphatic hydroxyl groups is 3. The summed E-state index contributed by atoms with van der Waals surface area (Å²) in [4.78, 5) is 35.6. The van der Waals surface area contributed by atoms with Crippen molar-refractivity contribution in [1.82, 2.24) is 14.9 Å². The van der Waals surface area contributed by atoms with E-state index in [0.717, 1.165) is 16.9 Å². The van der Waals surface area contributed by atoms with E-state index >= 15 is 0 Å². The van der Waals surface area contributed by atoms with Crippen LogP contribution < -0.4 is 11.1 Å². The minimum atomic E-state index is -2.86. The molecule has 0 bridgehead atoms. The number of aryl methyl sites for hydroxylation is 1. The summed E-state index contributed by atoms with van der Waals surface area (Å²) in [6.45, 7) is 3.90. The third-order valence-corrected chi connectivity index (χ3v) is 7.91. The number of hydrogen-bond acceptors (Lipinski definition) is 8. The molecule has 2 aliphatic rings. The number of nitrogens with two attached hydrogens (primary N) is 1. The highest BCUT2D eigenvalue weighted by Crippen LogP contribution is 2.49. The Morgan fingerprint density at radius 1 is 1.25 bits per heavy atom. The van der Waals surface area contributed by atoms with Gasteiger partial charge in [0.05, 0.1) is 21.7 Å². The number of primary amides is 1. The van der Waals surface area contributed by atoms with Gasteiger partial charge in [-0.3, -0.25) is 15.1 Å². The topological polar surface area (TPSA) is 162 Å². The number of nitrogens with one attached hydrogen (secondary N) is 1. The smallest absolute Gasteiger partial charge is 0.324 e. The molecule has 2 fully saturated rings. The maximum Gasteiger partial charge on any atom is 0.324 e. The first-order chi connectivity index (χ1) is 15.0. The molecular formula is C21H27N5O5S. The second kappa shape index (κ2) is 7.77. The average molecular weight is 462 g/mol. The van der Waals surface area contributed by atoms with Crippen molar-refractivity contribution in [3.8, 4) is 10.4 Å². The van der Waals surface area contributed by atoms with Crippen LogP contribution in [0.25, 0.3) is 10.4 Å². The molecular weight excluding hydrogens is 434 g/mol. The zero-order valence-corrected chi connectivity index (χ0v) is 18.8. The monoisotopic (exact) mass is 461 g/mol. The number of aromatic nitrogens is 2. The highest BCUT2D eigenvalue weighted by atomic mass is 32.1. The largest absolute Gasteiger partial charge is 0.368 e. The zero-order valence-electron chi connectivity index (χ0n) is 18.0. The number of thiazole rings is 1.